The lowest BCUT2D eigenvalue weighted by atomic mass is 9.96. The quantitative estimate of drug-likeness (QED) is 0.529. The fourth-order valence-electron chi connectivity index (χ4n) is 1.39. The fraction of sp³-hybridized carbons (Fsp3) is 1.00. The first-order valence-electron chi connectivity index (χ1n) is 4.27. The number of aliphatic hydroxyl groups excluding tert-OH is 3. The topological polar surface area (TPSA) is 69.9 Å². The van der Waals surface area contributed by atoms with E-state index >= 15 is 0 Å². The molecular weight excluding hydrogens is 160 g/mol. The minimum atomic E-state index is -1.24. The van der Waals surface area contributed by atoms with Crippen LogP contribution < -0.4 is 0 Å². The van der Waals surface area contributed by atoms with E-state index in [9.17, 15) is 5.11 Å². The molecule has 1 heterocycles. The minimum Gasteiger partial charge on any atom is -0.387 e. The molecule has 0 aromatic heterocycles. The van der Waals surface area contributed by atoms with E-state index in [0.717, 1.165) is 6.42 Å². The number of hydrogen-bond acceptors (Lipinski definition) is 4. The second kappa shape index (κ2) is 3.70. The maximum atomic E-state index is 9.39. The highest BCUT2D eigenvalue weighted by Crippen LogP contribution is 2.26. The summed E-state index contributed by atoms with van der Waals surface area (Å²) in [6, 6.07) is 0. The molecule has 3 N–H and O–H groups in total. The lowest BCUT2D eigenvalue weighted by molar-refractivity contribution is -0.134. The molecule has 1 aliphatic heterocycles. The van der Waals surface area contributed by atoms with Crippen molar-refractivity contribution in [2.75, 3.05) is 0 Å². The molecule has 0 aromatic carbocycles. The summed E-state index contributed by atoms with van der Waals surface area (Å²) in [5.74, 6) is 0.145. The van der Waals surface area contributed by atoms with Crippen molar-refractivity contribution >= 4 is 0 Å². The van der Waals surface area contributed by atoms with E-state index < -0.39 is 24.6 Å². The molecule has 0 spiro atoms. The molecule has 1 unspecified atom stereocenters. The first kappa shape index (κ1) is 9.92. The van der Waals surface area contributed by atoms with Gasteiger partial charge in [0.15, 0.2) is 6.29 Å². The lowest BCUT2D eigenvalue weighted by Crippen LogP contribution is -2.35. The highest BCUT2D eigenvalue weighted by atomic mass is 16.6. The molecule has 0 amide bonds. The Kier molecular flexibility index (Phi) is 3.06. The van der Waals surface area contributed by atoms with Gasteiger partial charge in [-0.15, -0.1) is 0 Å². The summed E-state index contributed by atoms with van der Waals surface area (Å²) in [7, 11) is 0. The zero-order valence-electron chi connectivity index (χ0n) is 7.34. The molecule has 12 heavy (non-hydrogen) atoms. The Hall–Kier alpha value is -0.160. The molecule has 0 radical (unpaired) electrons. The third-order valence-corrected chi connectivity index (χ3v) is 2.48. The minimum absolute atomic E-state index is 0.145. The van der Waals surface area contributed by atoms with Crippen LogP contribution in [0.1, 0.15) is 20.3 Å². The third kappa shape index (κ3) is 1.61. The normalized spacial score (nSPS) is 44.8. The molecular formula is C8H16O4. The van der Waals surface area contributed by atoms with Crippen LogP contribution in [0, 0.1) is 5.92 Å². The largest absolute Gasteiger partial charge is 0.387 e. The van der Waals surface area contributed by atoms with Gasteiger partial charge in [0.25, 0.3) is 0 Å². The molecule has 0 aliphatic carbocycles. The van der Waals surface area contributed by atoms with Gasteiger partial charge in [0.2, 0.25) is 0 Å². The van der Waals surface area contributed by atoms with E-state index in [4.69, 9.17) is 14.9 Å². The maximum absolute atomic E-state index is 9.39. The number of rotatable bonds is 2. The molecule has 4 nitrogen and oxygen atoms in total. The highest BCUT2D eigenvalue weighted by Gasteiger charge is 2.43. The smallest absolute Gasteiger partial charge is 0.183 e. The van der Waals surface area contributed by atoms with Gasteiger partial charge in [0.1, 0.15) is 12.2 Å². The summed E-state index contributed by atoms with van der Waals surface area (Å²) in [5, 5.41) is 27.6. The van der Waals surface area contributed by atoms with Crippen molar-refractivity contribution in [3.63, 3.8) is 0 Å². The van der Waals surface area contributed by atoms with Gasteiger partial charge in [-0.25, -0.2) is 0 Å². The third-order valence-electron chi connectivity index (χ3n) is 2.48. The van der Waals surface area contributed by atoms with Crippen molar-refractivity contribution in [2.45, 2.75) is 44.9 Å². The fourth-order valence-corrected chi connectivity index (χ4v) is 1.39. The van der Waals surface area contributed by atoms with Crippen LogP contribution in [0.25, 0.3) is 0 Å². The Morgan fingerprint density at radius 2 is 1.83 bits per heavy atom. The van der Waals surface area contributed by atoms with Gasteiger partial charge in [0, 0.05) is 0 Å². The Morgan fingerprint density at radius 1 is 1.25 bits per heavy atom. The van der Waals surface area contributed by atoms with E-state index in [0.29, 0.717) is 0 Å². The molecule has 72 valence electrons. The Morgan fingerprint density at radius 3 is 2.17 bits per heavy atom. The Labute approximate surface area is 71.8 Å². The van der Waals surface area contributed by atoms with Crippen LogP contribution in [0.4, 0.5) is 0 Å². The molecule has 0 saturated carbocycles. The van der Waals surface area contributed by atoms with E-state index in [1.807, 2.05) is 13.8 Å². The van der Waals surface area contributed by atoms with Gasteiger partial charge in [-0.1, -0.05) is 20.3 Å². The number of aliphatic hydroxyl groups is 3. The van der Waals surface area contributed by atoms with Crippen LogP contribution in [-0.2, 0) is 4.74 Å². The second-order valence-corrected chi connectivity index (χ2v) is 3.36. The summed E-state index contributed by atoms with van der Waals surface area (Å²) in [5.41, 5.74) is 0. The summed E-state index contributed by atoms with van der Waals surface area (Å²) in [6.45, 7) is 3.89. The van der Waals surface area contributed by atoms with Crippen molar-refractivity contribution in [2.24, 2.45) is 5.92 Å². The van der Waals surface area contributed by atoms with Gasteiger partial charge < -0.3 is 20.1 Å². The van der Waals surface area contributed by atoms with E-state index in [2.05, 4.69) is 0 Å². The summed E-state index contributed by atoms with van der Waals surface area (Å²) in [4.78, 5) is 0. The van der Waals surface area contributed by atoms with E-state index in [-0.39, 0.29) is 5.92 Å². The van der Waals surface area contributed by atoms with Crippen LogP contribution in [0.3, 0.4) is 0 Å². The molecule has 1 fully saturated rings. The number of hydrogen-bond donors (Lipinski definition) is 3. The van der Waals surface area contributed by atoms with Gasteiger partial charge in [-0.3, -0.25) is 0 Å². The van der Waals surface area contributed by atoms with Crippen molar-refractivity contribution < 1.29 is 20.1 Å². The summed E-state index contributed by atoms with van der Waals surface area (Å²) < 4.78 is 4.99. The standard InChI is InChI=1S/C8H16O4/c1-3-4(2)7-5(9)6(10)8(11)12-7/h4-11H,3H2,1-2H3/t4-,5+,6+,7+,8?/m0/s1. The first-order valence-corrected chi connectivity index (χ1v) is 4.27. The second-order valence-electron chi connectivity index (χ2n) is 3.36. The lowest BCUT2D eigenvalue weighted by Gasteiger charge is -2.19. The van der Waals surface area contributed by atoms with Crippen molar-refractivity contribution in [1.82, 2.24) is 0 Å². The van der Waals surface area contributed by atoms with E-state index in [1.165, 1.54) is 0 Å². The summed E-state index contributed by atoms with van der Waals surface area (Å²) in [6.07, 6.45) is -2.96. The summed E-state index contributed by atoms with van der Waals surface area (Å²) >= 11 is 0. The van der Waals surface area contributed by atoms with Gasteiger partial charge in [-0.05, 0) is 5.92 Å². The SMILES string of the molecule is CC[C@H](C)[C@H]1OC(O)[C@H](O)[C@H]1O. The highest BCUT2D eigenvalue weighted by molar-refractivity contribution is 4.88. The van der Waals surface area contributed by atoms with Crippen molar-refractivity contribution in [3.05, 3.63) is 0 Å². The van der Waals surface area contributed by atoms with E-state index in [1.54, 1.807) is 0 Å². The Balaban J connectivity index is 2.58. The van der Waals surface area contributed by atoms with Crippen molar-refractivity contribution in [1.29, 1.82) is 0 Å². The molecule has 0 aromatic rings. The number of ether oxygens (including phenoxy) is 1. The van der Waals surface area contributed by atoms with Gasteiger partial charge in [0.05, 0.1) is 6.10 Å². The van der Waals surface area contributed by atoms with Gasteiger partial charge >= 0.3 is 0 Å². The van der Waals surface area contributed by atoms with Crippen LogP contribution in [-0.4, -0.2) is 39.9 Å². The molecule has 1 rings (SSSR count). The molecule has 5 atom stereocenters. The van der Waals surface area contributed by atoms with Crippen molar-refractivity contribution in [3.8, 4) is 0 Å². The maximum Gasteiger partial charge on any atom is 0.183 e. The van der Waals surface area contributed by atoms with Crippen LogP contribution in [0.15, 0.2) is 0 Å². The molecule has 1 saturated heterocycles. The molecule has 4 heteroatoms. The average Bonchev–Trinajstić information content (AvgIpc) is 2.32. The van der Waals surface area contributed by atoms with Crippen LogP contribution in [0.2, 0.25) is 0 Å². The predicted octanol–water partition coefficient (Wildman–Crippen LogP) is -0.528. The zero-order valence-corrected chi connectivity index (χ0v) is 7.34. The molecule has 0 bridgehead atoms. The monoisotopic (exact) mass is 176 g/mol. The Bertz CT molecular complexity index is 150. The van der Waals surface area contributed by atoms with Crippen LogP contribution in [0.5, 0.6) is 0 Å². The first-order chi connectivity index (χ1) is 5.57. The van der Waals surface area contributed by atoms with Crippen LogP contribution >= 0.6 is 0 Å². The predicted molar refractivity (Wildman–Crippen MR) is 42.3 cm³/mol. The van der Waals surface area contributed by atoms with Gasteiger partial charge in [-0.2, -0.15) is 0 Å². The molecule has 1 aliphatic rings. The average molecular weight is 176 g/mol. The zero-order chi connectivity index (χ0) is 9.30.